The van der Waals surface area contributed by atoms with Gasteiger partial charge < -0.3 is 15.1 Å². The maximum atomic E-state index is 4.59. The van der Waals surface area contributed by atoms with E-state index in [1.54, 1.807) is 0 Å². The van der Waals surface area contributed by atoms with E-state index in [0.29, 0.717) is 12.1 Å². The monoisotopic (exact) mass is 236 g/mol. The molecule has 2 rings (SSSR count). The topological polar surface area (TPSA) is 30.9 Å². The maximum absolute atomic E-state index is 4.59. The minimum absolute atomic E-state index is 0.112. The number of rotatable bonds is 0. The quantitative estimate of drug-likeness (QED) is 0.693. The van der Waals surface area contributed by atoms with Crippen molar-refractivity contribution >= 4 is 6.21 Å². The zero-order valence-electron chi connectivity index (χ0n) is 11.8. The third-order valence-electron chi connectivity index (χ3n) is 3.30. The molecule has 96 valence electrons. The van der Waals surface area contributed by atoms with Crippen molar-refractivity contribution in [2.24, 2.45) is 4.99 Å². The van der Waals surface area contributed by atoms with E-state index in [-0.39, 0.29) is 5.54 Å². The van der Waals surface area contributed by atoms with E-state index in [1.165, 1.54) is 5.82 Å². The lowest BCUT2D eigenvalue weighted by Crippen LogP contribution is -2.58. The lowest BCUT2D eigenvalue weighted by molar-refractivity contribution is 0.0770. The highest BCUT2D eigenvalue weighted by Gasteiger charge is 2.37. The Bertz CT molecular complexity index is 364. The summed E-state index contributed by atoms with van der Waals surface area (Å²) in [6, 6.07) is 0.795. The van der Waals surface area contributed by atoms with Gasteiger partial charge in [-0.25, -0.2) is 4.99 Å². The number of nitrogens with zero attached hydrogens (tertiary/aromatic N) is 3. The Morgan fingerprint density at radius 3 is 2.59 bits per heavy atom. The average Bonchev–Trinajstić information content (AvgIpc) is 2.14. The van der Waals surface area contributed by atoms with Gasteiger partial charge in [0.25, 0.3) is 0 Å². The Hall–Kier alpha value is -1.19. The highest BCUT2D eigenvalue weighted by molar-refractivity contribution is 5.67. The van der Waals surface area contributed by atoms with Gasteiger partial charge in [-0.2, -0.15) is 0 Å². The molecule has 0 aliphatic carbocycles. The third kappa shape index (κ3) is 2.13. The molecule has 0 saturated heterocycles. The molecule has 0 fully saturated rings. The Labute approximate surface area is 104 Å². The Morgan fingerprint density at radius 1 is 1.35 bits per heavy atom. The van der Waals surface area contributed by atoms with Gasteiger partial charge in [0.15, 0.2) is 5.82 Å². The second-order valence-corrected chi connectivity index (χ2v) is 6.15. The summed E-state index contributed by atoms with van der Waals surface area (Å²) in [5.74, 6) is 2.24. The van der Waals surface area contributed by atoms with Crippen LogP contribution in [0, 0.1) is 0 Å². The zero-order valence-corrected chi connectivity index (χ0v) is 11.8. The van der Waals surface area contributed by atoms with Crippen LogP contribution in [0.1, 0.15) is 34.6 Å². The SMILES string of the molecule is CC1CN(C)C2=C(N[C@@H](C)C=N2)N1C(C)(C)C. The van der Waals surface area contributed by atoms with E-state index in [4.69, 9.17) is 0 Å². The number of likely N-dealkylation sites (N-methyl/N-ethyl adjacent to an activating group) is 1. The van der Waals surface area contributed by atoms with Crippen molar-refractivity contribution in [2.45, 2.75) is 52.2 Å². The fourth-order valence-electron chi connectivity index (χ4n) is 2.80. The van der Waals surface area contributed by atoms with Crippen molar-refractivity contribution in [1.29, 1.82) is 0 Å². The number of hydrogen-bond donors (Lipinski definition) is 1. The summed E-state index contributed by atoms with van der Waals surface area (Å²) in [5.41, 5.74) is 0.112. The van der Waals surface area contributed by atoms with E-state index in [0.717, 1.165) is 12.4 Å². The predicted octanol–water partition coefficient (Wildman–Crippen LogP) is 1.61. The first-order valence-corrected chi connectivity index (χ1v) is 6.36. The summed E-state index contributed by atoms with van der Waals surface area (Å²) in [4.78, 5) is 9.28. The molecule has 0 aromatic carbocycles. The van der Waals surface area contributed by atoms with Crippen LogP contribution in [0.3, 0.4) is 0 Å². The van der Waals surface area contributed by atoms with E-state index in [9.17, 15) is 0 Å². The van der Waals surface area contributed by atoms with Crippen LogP contribution in [0.2, 0.25) is 0 Å². The van der Waals surface area contributed by atoms with Gasteiger partial charge in [-0.05, 0) is 34.6 Å². The Morgan fingerprint density at radius 2 is 2.00 bits per heavy atom. The van der Waals surface area contributed by atoms with Crippen LogP contribution < -0.4 is 5.32 Å². The summed E-state index contributed by atoms with van der Waals surface area (Å²) in [6.45, 7) is 12.2. The van der Waals surface area contributed by atoms with Crippen LogP contribution >= 0.6 is 0 Å². The molecule has 1 unspecified atom stereocenters. The second-order valence-electron chi connectivity index (χ2n) is 6.15. The van der Waals surface area contributed by atoms with Crippen molar-refractivity contribution < 1.29 is 0 Å². The van der Waals surface area contributed by atoms with Crippen LogP contribution in [0.4, 0.5) is 0 Å². The molecule has 17 heavy (non-hydrogen) atoms. The zero-order chi connectivity index (χ0) is 12.8. The smallest absolute Gasteiger partial charge is 0.169 e. The molecule has 0 amide bonds. The largest absolute Gasteiger partial charge is 0.361 e. The minimum atomic E-state index is 0.112. The number of hydrogen-bond acceptors (Lipinski definition) is 4. The minimum Gasteiger partial charge on any atom is -0.361 e. The van der Waals surface area contributed by atoms with E-state index < -0.39 is 0 Å². The lowest BCUT2D eigenvalue weighted by Gasteiger charge is -2.50. The van der Waals surface area contributed by atoms with Gasteiger partial charge in [0.05, 0.1) is 6.04 Å². The molecule has 0 aromatic rings. The molecule has 1 N–H and O–H groups in total. The molecule has 2 aliphatic heterocycles. The molecule has 0 radical (unpaired) electrons. The molecule has 2 aliphatic rings. The lowest BCUT2D eigenvalue weighted by atomic mass is 10.0. The maximum Gasteiger partial charge on any atom is 0.169 e. The van der Waals surface area contributed by atoms with Crippen LogP contribution in [0.5, 0.6) is 0 Å². The summed E-state index contributed by atoms with van der Waals surface area (Å²) >= 11 is 0. The first-order chi connectivity index (χ1) is 7.80. The van der Waals surface area contributed by atoms with Gasteiger partial charge >= 0.3 is 0 Å². The van der Waals surface area contributed by atoms with Crippen molar-refractivity contribution in [3.8, 4) is 0 Å². The number of nitrogens with one attached hydrogen (secondary N) is 1. The molecular weight excluding hydrogens is 212 g/mol. The van der Waals surface area contributed by atoms with Crippen molar-refractivity contribution in [3.63, 3.8) is 0 Å². The first-order valence-electron chi connectivity index (χ1n) is 6.36. The van der Waals surface area contributed by atoms with E-state index in [2.05, 4.69) is 61.8 Å². The fourth-order valence-corrected chi connectivity index (χ4v) is 2.80. The van der Waals surface area contributed by atoms with Crippen molar-refractivity contribution in [3.05, 3.63) is 11.6 Å². The summed E-state index contributed by atoms with van der Waals surface area (Å²) in [7, 11) is 2.11. The van der Waals surface area contributed by atoms with Gasteiger partial charge in [-0.3, -0.25) is 0 Å². The molecule has 4 heteroatoms. The van der Waals surface area contributed by atoms with Crippen molar-refractivity contribution in [1.82, 2.24) is 15.1 Å². The second kappa shape index (κ2) is 3.93. The normalized spacial score (nSPS) is 29.3. The molecule has 0 aromatic heterocycles. The van der Waals surface area contributed by atoms with Gasteiger partial charge in [-0.15, -0.1) is 0 Å². The summed E-state index contributed by atoms with van der Waals surface area (Å²) < 4.78 is 0. The Kier molecular flexibility index (Phi) is 2.84. The molecule has 0 spiro atoms. The molecule has 2 atom stereocenters. The third-order valence-corrected chi connectivity index (χ3v) is 3.30. The van der Waals surface area contributed by atoms with Gasteiger partial charge in [0, 0.05) is 31.4 Å². The van der Waals surface area contributed by atoms with Gasteiger partial charge in [0.2, 0.25) is 0 Å². The standard InChI is InChI=1S/C13H24N4/c1-9-7-14-11-12(15-9)17(13(3,4)5)10(2)8-16(11)6/h7,9-10,15H,8H2,1-6H3/t9-,10?/m0/s1. The predicted molar refractivity (Wildman–Crippen MR) is 71.8 cm³/mol. The van der Waals surface area contributed by atoms with Crippen LogP contribution in [0.15, 0.2) is 16.6 Å². The fraction of sp³-hybridized carbons (Fsp3) is 0.769. The van der Waals surface area contributed by atoms with Gasteiger partial charge in [0.1, 0.15) is 5.82 Å². The van der Waals surface area contributed by atoms with Crippen LogP contribution in [-0.2, 0) is 0 Å². The first kappa shape index (κ1) is 12.3. The van der Waals surface area contributed by atoms with E-state index in [1.807, 2.05) is 6.21 Å². The summed E-state index contributed by atoms with van der Waals surface area (Å²) in [5, 5.41) is 3.55. The van der Waals surface area contributed by atoms with Crippen LogP contribution in [0.25, 0.3) is 0 Å². The molecule has 4 nitrogen and oxygen atoms in total. The molecule has 0 saturated carbocycles. The molecular formula is C13H24N4. The molecule has 2 heterocycles. The highest BCUT2D eigenvalue weighted by atomic mass is 15.4. The Balaban J connectivity index is 2.44. The highest BCUT2D eigenvalue weighted by Crippen LogP contribution is 2.30. The summed E-state index contributed by atoms with van der Waals surface area (Å²) in [6.07, 6.45) is 1.98. The average molecular weight is 236 g/mol. The molecule has 0 bridgehead atoms. The number of aliphatic imine (C=N–C) groups is 1. The van der Waals surface area contributed by atoms with Crippen LogP contribution in [-0.4, -0.2) is 47.2 Å². The van der Waals surface area contributed by atoms with Crippen molar-refractivity contribution in [2.75, 3.05) is 13.6 Å². The van der Waals surface area contributed by atoms with Gasteiger partial charge in [-0.1, -0.05) is 0 Å². The van der Waals surface area contributed by atoms with E-state index >= 15 is 0 Å².